The van der Waals surface area contributed by atoms with Gasteiger partial charge in [-0.2, -0.15) is 0 Å². The smallest absolute Gasteiger partial charge is 0.397 e. The number of nitrogen functional groups attached to an aromatic ring is 1. The normalized spacial score (nSPS) is 12.3. The van der Waals surface area contributed by atoms with Gasteiger partial charge in [-0.1, -0.05) is 24.3 Å². The Labute approximate surface area is 208 Å². The molecule has 1 aromatic heterocycles. The molecule has 35 heavy (non-hydrogen) atoms. The van der Waals surface area contributed by atoms with Crippen LogP contribution in [0.3, 0.4) is 0 Å². The molecular formula is C24H28N3O6PS. The number of primary amides is 1. The van der Waals surface area contributed by atoms with Gasteiger partial charge in [0.1, 0.15) is 0 Å². The number of carbonyl (C=O) groups excluding carboxylic acids is 2. The summed E-state index contributed by atoms with van der Waals surface area (Å²) in [4.78, 5) is 25.8. The second-order valence-electron chi connectivity index (χ2n) is 7.41. The molecule has 2 amide bonds. The molecule has 2 aromatic carbocycles. The lowest BCUT2D eigenvalue weighted by molar-refractivity contribution is -0.125. The number of thiophene rings is 1. The van der Waals surface area contributed by atoms with Crippen LogP contribution in [0.1, 0.15) is 29.8 Å². The summed E-state index contributed by atoms with van der Waals surface area (Å²) >= 11 is 1.59. The average molecular weight is 518 g/mol. The molecule has 0 aliphatic heterocycles. The predicted octanol–water partition coefficient (Wildman–Crippen LogP) is 4.84. The van der Waals surface area contributed by atoms with Crippen molar-refractivity contribution in [3.8, 4) is 10.4 Å². The molecule has 1 unspecified atom stereocenters. The largest absolute Gasteiger partial charge is 0.475 e. The molecule has 0 aliphatic rings. The van der Waals surface area contributed by atoms with E-state index >= 15 is 0 Å². The molecule has 0 radical (unpaired) electrons. The van der Waals surface area contributed by atoms with Crippen LogP contribution in [-0.4, -0.2) is 31.1 Å². The number of nitrogens with two attached hydrogens (primary N) is 2. The molecule has 0 spiro atoms. The fourth-order valence-corrected chi connectivity index (χ4v) is 5.26. The van der Waals surface area contributed by atoms with E-state index in [1.165, 1.54) is 0 Å². The quantitative estimate of drug-likeness (QED) is 0.230. The van der Waals surface area contributed by atoms with Crippen molar-refractivity contribution in [1.29, 1.82) is 0 Å². The van der Waals surface area contributed by atoms with Crippen LogP contribution in [0.4, 0.5) is 11.4 Å². The number of phosphoric ester groups is 1. The van der Waals surface area contributed by atoms with Gasteiger partial charge in [0.2, 0.25) is 5.91 Å². The molecule has 9 nitrogen and oxygen atoms in total. The van der Waals surface area contributed by atoms with E-state index < -0.39 is 19.8 Å². The monoisotopic (exact) mass is 517 g/mol. The summed E-state index contributed by atoms with van der Waals surface area (Å²) in [6, 6.07) is 16.0. The van der Waals surface area contributed by atoms with Crippen LogP contribution in [0.25, 0.3) is 10.4 Å². The Morgan fingerprint density at radius 3 is 2.31 bits per heavy atom. The van der Waals surface area contributed by atoms with E-state index in [2.05, 4.69) is 5.32 Å². The third kappa shape index (κ3) is 7.24. The Morgan fingerprint density at radius 1 is 1.06 bits per heavy atom. The first-order valence-electron chi connectivity index (χ1n) is 10.9. The van der Waals surface area contributed by atoms with Crippen LogP contribution in [0.5, 0.6) is 0 Å². The zero-order chi connectivity index (χ0) is 25.4. The van der Waals surface area contributed by atoms with Crippen molar-refractivity contribution in [2.45, 2.75) is 26.4 Å². The van der Waals surface area contributed by atoms with Crippen LogP contribution >= 0.6 is 19.2 Å². The summed E-state index contributed by atoms with van der Waals surface area (Å²) < 4.78 is 28.1. The Kier molecular flexibility index (Phi) is 9.20. The lowest BCUT2D eigenvalue weighted by Gasteiger charge is -2.21. The van der Waals surface area contributed by atoms with Crippen molar-refractivity contribution in [2.75, 3.05) is 24.3 Å². The number of nitrogens with one attached hydrogen (secondary N) is 1. The Bertz CT molecular complexity index is 1190. The Balaban J connectivity index is 1.70. The van der Waals surface area contributed by atoms with Gasteiger partial charge in [-0.05, 0) is 60.7 Å². The van der Waals surface area contributed by atoms with Gasteiger partial charge in [-0.15, -0.1) is 11.3 Å². The topological polar surface area (TPSA) is 143 Å². The first-order valence-corrected chi connectivity index (χ1v) is 13.3. The van der Waals surface area contributed by atoms with Gasteiger partial charge in [0.25, 0.3) is 5.91 Å². The van der Waals surface area contributed by atoms with Crippen molar-refractivity contribution in [2.24, 2.45) is 5.73 Å². The lowest BCUT2D eigenvalue weighted by Crippen LogP contribution is -2.32. The van der Waals surface area contributed by atoms with Crippen LogP contribution < -0.4 is 16.8 Å². The van der Waals surface area contributed by atoms with Gasteiger partial charge in [-0.25, -0.2) is 4.57 Å². The SMILES string of the molecule is CCOP(=O)(OCC)OC(Cc1ccc(C(=O)Nc2cc(-c3cccs3)ccc2N)cc1)C(N)=O. The van der Waals surface area contributed by atoms with E-state index in [-0.39, 0.29) is 25.5 Å². The fraction of sp³-hybridized carbons (Fsp3) is 0.250. The van der Waals surface area contributed by atoms with Crippen LogP contribution in [0.15, 0.2) is 60.0 Å². The molecule has 5 N–H and O–H groups in total. The number of phosphoric acid groups is 1. The minimum absolute atomic E-state index is 0.0250. The Morgan fingerprint density at radius 2 is 1.74 bits per heavy atom. The molecule has 11 heteroatoms. The maximum Gasteiger partial charge on any atom is 0.475 e. The molecule has 1 atom stereocenters. The highest BCUT2D eigenvalue weighted by Gasteiger charge is 2.33. The standard InChI is InChI=1S/C24H28N3O6PS/c1-3-31-34(30,32-4-2)33-21(23(26)28)14-16-7-9-17(10-8-16)24(29)27-20-15-18(11-12-19(20)25)22-6-5-13-35-22/h5-13,15,21H,3-4,14,25H2,1-2H3,(H2,26,28)(H,27,29). The molecule has 0 saturated heterocycles. The van der Waals surface area contributed by atoms with Gasteiger partial charge in [0, 0.05) is 16.9 Å². The summed E-state index contributed by atoms with van der Waals surface area (Å²) in [6.07, 6.45) is -1.21. The molecule has 3 aromatic rings. The molecule has 0 bridgehead atoms. The van der Waals surface area contributed by atoms with E-state index in [1.807, 2.05) is 29.6 Å². The fourth-order valence-electron chi connectivity index (χ4n) is 3.22. The highest BCUT2D eigenvalue weighted by Crippen LogP contribution is 2.50. The van der Waals surface area contributed by atoms with Gasteiger partial charge in [0.05, 0.1) is 24.6 Å². The minimum atomic E-state index is -3.93. The van der Waals surface area contributed by atoms with Gasteiger partial charge >= 0.3 is 7.82 Å². The second kappa shape index (κ2) is 12.1. The van der Waals surface area contributed by atoms with Gasteiger partial charge in [0.15, 0.2) is 6.10 Å². The van der Waals surface area contributed by atoms with Crippen LogP contribution in [-0.2, 0) is 29.4 Å². The lowest BCUT2D eigenvalue weighted by atomic mass is 10.0. The second-order valence-corrected chi connectivity index (χ2v) is 9.98. The van der Waals surface area contributed by atoms with Crippen molar-refractivity contribution >= 4 is 42.3 Å². The highest BCUT2D eigenvalue weighted by molar-refractivity contribution is 7.48. The molecular weight excluding hydrogens is 489 g/mol. The molecule has 186 valence electrons. The number of amides is 2. The van der Waals surface area contributed by atoms with E-state index in [1.54, 1.807) is 55.5 Å². The number of hydrogen-bond acceptors (Lipinski definition) is 8. The zero-order valence-electron chi connectivity index (χ0n) is 19.4. The first-order chi connectivity index (χ1) is 16.7. The molecule has 3 rings (SSSR count). The third-order valence-electron chi connectivity index (χ3n) is 4.89. The summed E-state index contributed by atoms with van der Waals surface area (Å²) in [5.41, 5.74) is 14.4. The molecule has 0 aliphatic carbocycles. The molecule has 1 heterocycles. The van der Waals surface area contributed by atoms with Gasteiger partial charge < -0.3 is 16.8 Å². The maximum absolute atomic E-state index is 12.8. The first kappa shape index (κ1) is 26.6. The number of hydrogen-bond donors (Lipinski definition) is 3. The van der Waals surface area contributed by atoms with Gasteiger partial charge in [-0.3, -0.25) is 23.2 Å². The maximum atomic E-state index is 12.8. The number of rotatable bonds is 12. The van der Waals surface area contributed by atoms with E-state index in [0.29, 0.717) is 22.5 Å². The number of anilines is 2. The van der Waals surface area contributed by atoms with Crippen molar-refractivity contribution in [3.63, 3.8) is 0 Å². The molecule has 0 fully saturated rings. The third-order valence-corrected chi connectivity index (χ3v) is 7.47. The zero-order valence-corrected chi connectivity index (χ0v) is 21.1. The predicted molar refractivity (Wildman–Crippen MR) is 137 cm³/mol. The molecule has 0 saturated carbocycles. The Hall–Kier alpha value is -3.01. The summed E-state index contributed by atoms with van der Waals surface area (Å²) in [7, 11) is -3.93. The van der Waals surface area contributed by atoms with E-state index in [0.717, 1.165) is 10.4 Å². The van der Waals surface area contributed by atoms with Crippen LogP contribution in [0.2, 0.25) is 0 Å². The minimum Gasteiger partial charge on any atom is -0.397 e. The summed E-state index contributed by atoms with van der Waals surface area (Å²) in [5, 5.41) is 4.82. The van der Waals surface area contributed by atoms with Crippen molar-refractivity contribution in [1.82, 2.24) is 0 Å². The van der Waals surface area contributed by atoms with Crippen molar-refractivity contribution in [3.05, 3.63) is 71.1 Å². The van der Waals surface area contributed by atoms with Crippen LogP contribution in [0, 0.1) is 0 Å². The average Bonchev–Trinajstić information content (AvgIpc) is 3.36. The van der Waals surface area contributed by atoms with E-state index in [4.69, 9.17) is 25.0 Å². The number of benzene rings is 2. The van der Waals surface area contributed by atoms with E-state index in [9.17, 15) is 14.2 Å². The highest BCUT2D eigenvalue weighted by atomic mass is 32.1. The number of carbonyl (C=O) groups is 2. The van der Waals surface area contributed by atoms with Crippen molar-refractivity contribution < 1.29 is 27.7 Å². The summed E-state index contributed by atoms with van der Waals surface area (Å²) in [6.45, 7) is 3.41. The summed E-state index contributed by atoms with van der Waals surface area (Å²) in [5.74, 6) is -1.15.